The zero-order valence-electron chi connectivity index (χ0n) is 17.6. The summed E-state index contributed by atoms with van der Waals surface area (Å²) < 4.78 is 17.8. The molecule has 6 heteroatoms. The lowest BCUT2D eigenvalue weighted by atomic mass is 9.79. The molecule has 0 bridgehead atoms. The van der Waals surface area contributed by atoms with Crippen LogP contribution in [0.25, 0.3) is 0 Å². The lowest BCUT2D eigenvalue weighted by Gasteiger charge is -2.34. The molecule has 0 aliphatic carbocycles. The maximum atomic E-state index is 10.5. The molecule has 0 fully saturated rings. The molecule has 0 aromatic heterocycles. The topological polar surface area (TPSA) is 86.3 Å². The average molecular weight is 396 g/mol. The molecule has 0 amide bonds. The van der Waals surface area contributed by atoms with Gasteiger partial charge in [0.15, 0.2) is 5.54 Å². The van der Waals surface area contributed by atoms with E-state index in [2.05, 4.69) is 20.8 Å². The summed E-state index contributed by atoms with van der Waals surface area (Å²) in [6.07, 6.45) is 0. The van der Waals surface area contributed by atoms with Gasteiger partial charge in [0.05, 0.1) is 12.2 Å². The molecule has 2 aliphatic rings. The standard InChI is InChI=1S/C23H28N2O4/c1-21(2,3)12-27-15-7-9-19-17(11-15)23(13-28-20(24)25-23)16-10-14(22(4,5)26)6-8-18(16)29-19/h6-11,26H,12-13H2,1-5H3,(H2,24,25). The molecule has 154 valence electrons. The molecule has 1 atom stereocenters. The molecule has 0 saturated carbocycles. The van der Waals surface area contributed by atoms with Crippen molar-refractivity contribution in [3.05, 3.63) is 53.1 Å². The number of hydrogen-bond acceptors (Lipinski definition) is 6. The summed E-state index contributed by atoms with van der Waals surface area (Å²) >= 11 is 0. The number of aliphatic hydroxyl groups is 1. The van der Waals surface area contributed by atoms with Gasteiger partial charge in [-0.05, 0) is 55.2 Å². The van der Waals surface area contributed by atoms with E-state index in [0.717, 1.165) is 22.4 Å². The maximum absolute atomic E-state index is 10.5. The molecule has 3 N–H and O–H groups in total. The van der Waals surface area contributed by atoms with Gasteiger partial charge >= 0.3 is 0 Å². The van der Waals surface area contributed by atoms with Crippen LogP contribution in [-0.4, -0.2) is 24.3 Å². The second-order valence-corrected chi connectivity index (χ2v) is 9.48. The van der Waals surface area contributed by atoms with Gasteiger partial charge in [0.2, 0.25) is 0 Å². The van der Waals surface area contributed by atoms with Gasteiger partial charge in [0.25, 0.3) is 6.02 Å². The third-order valence-corrected chi connectivity index (χ3v) is 5.15. The predicted octanol–water partition coefficient (Wildman–Crippen LogP) is 4.03. The minimum atomic E-state index is -0.997. The Kier molecular flexibility index (Phi) is 4.31. The second kappa shape index (κ2) is 6.39. The van der Waals surface area contributed by atoms with Gasteiger partial charge in [-0.15, -0.1) is 0 Å². The third kappa shape index (κ3) is 3.53. The molecular formula is C23H28N2O4. The van der Waals surface area contributed by atoms with Gasteiger partial charge in [-0.3, -0.25) is 0 Å². The Hall–Kier alpha value is -2.73. The first-order chi connectivity index (χ1) is 13.5. The highest BCUT2D eigenvalue weighted by Gasteiger charge is 2.47. The maximum Gasteiger partial charge on any atom is 0.283 e. The number of hydrogen-bond donors (Lipinski definition) is 2. The Morgan fingerprint density at radius 2 is 1.72 bits per heavy atom. The predicted molar refractivity (Wildman–Crippen MR) is 112 cm³/mol. The molecule has 29 heavy (non-hydrogen) atoms. The first-order valence-corrected chi connectivity index (χ1v) is 9.79. The van der Waals surface area contributed by atoms with Crippen LogP contribution in [0.5, 0.6) is 17.2 Å². The number of nitrogens with two attached hydrogens (primary N) is 1. The van der Waals surface area contributed by atoms with Crippen LogP contribution in [0.4, 0.5) is 0 Å². The molecule has 4 rings (SSSR count). The monoisotopic (exact) mass is 396 g/mol. The highest BCUT2D eigenvalue weighted by atomic mass is 16.5. The number of benzene rings is 2. The second-order valence-electron chi connectivity index (χ2n) is 9.48. The quantitative estimate of drug-likeness (QED) is 0.818. The highest BCUT2D eigenvalue weighted by Crippen LogP contribution is 2.52. The zero-order valence-corrected chi connectivity index (χ0v) is 17.6. The van der Waals surface area contributed by atoms with Crippen molar-refractivity contribution < 1.29 is 19.3 Å². The van der Waals surface area contributed by atoms with E-state index in [9.17, 15) is 5.11 Å². The molecule has 6 nitrogen and oxygen atoms in total. The summed E-state index contributed by atoms with van der Waals surface area (Å²) in [5.41, 5.74) is 6.56. The Labute approximate surface area is 171 Å². The normalized spacial score (nSPS) is 20.4. The van der Waals surface area contributed by atoms with Crippen molar-refractivity contribution in [2.24, 2.45) is 16.1 Å². The van der Waals surface area contributed by atoms with Crippen LogP contribution in [0.1, 0.15) is 51.3 Å². The number of ether oxygens (including phenoxy) is 3. The lowest BCUT2D eigenvalue weighted by Crippen LogP contribution is -2.32. The van der Waals surface area contributed by atoms with Crippen LogP contribution >= 0.6 is 0 Å². The van der Waals surface area contributed by atoms with Gasteiger partial charge < -0.3 is 25.1 Å². The number of nitrogens with zero attached hydrogens (tertiary/aromatic N) is 1. The molecule has 1 spiro atoms. The van der Waals surface area contributed by atoms with Crippen molar-refractivity contribution in [1.29, 1.82) is 0 Å². The Bertz CT molecular complexity index is 985. The summed E-state index contributed by atoms with van der Waals surface area (Å²) in [6, 6.07) is 11.5. The van der Waals surface area contributed by atoms with Crippen molar-refractivity contribution in [1.82, 2.24) is 0 Å². The Morgan fingerprint density at radius 1 is 1.07 bits per heavy atom. The van der Waals surface area contributed by atoms with Crippen molar-refractivity contribution >= 4 is 6.02 Å². The fourth-order valence-electron chi connectivity index (χ4n) is 3.60. The van der Waals surface area contributed by atoms with Crippen molar-refractivity contribution in [3.8, 4) is 17.2 Å². The molecule has 0 saturated heterocycles. The fourth-order valence-corrected chi connectivity index (χ4v) is 3.60. The number of rotatable bonds is 3. The first kappa shape index (κ1) is 19.6. The molecule has 1 unspecified atom stereocenters. The molecule has 2 heterocycles. The number of amidine groups is 1. The molecule has 2 aromatic carbocycles. The van der Waals surface area contributed by atoms with E-state index in [0.29, 0.717) is 18.1 Å². The Morgan fingerprint density at radius 3 is 2.31 bits per heavy atom. The minimum absolute atomic E-state index is 0.0390. The van der Waals surface area contributed by atoms with Crippen molar-refractivity contribution in [3.63, 3.8) is 0 Å². The summed E-state index contributed by atoms with van der Waals surface area (Å²) in [4.78, 5) is 4.69. The van der Waals surface area contributed by atoms with Crippen LogP contribution in [0.3, 0.4) is 0 Å². The van der Waals surface area contributed by atoms with Crippen molar-refractivity contribution in [2.45, 2.75) is 45.8 Å². The van der Waals surface area contributed by atoms with Gasteiger partial charge in [0, 0.05) is 11.1 Å². The van der Waals surface area contributed by atoms with Crippen LogP contribution in [0, 0.1) is 5.41 Å². The highest BCUT2D eigenvalue weighted by molar-refractivity contribution is 5.77. The van der Waals surface area contributed by atoms with Crippen LogP contribution < -0.4 is 15.2 Å². The average Bonchev–Trinajstić information content (AvgIpc) is 3.01. The molecular weight excluding hydrogens is 368 g/mol. The van der Waals surface area contributed by atoms with Crippen LogP contribution in [-0.2, 0) is 15.9 Å². The summed E-state index contributed by atoms with van der Waals surface area (Å²) in [6.45, 7) is 10.7. The SMILES string of the molecule is CC(C)(C)COc1ccc2c(c1)C1(COC(N)=N1)c1cc(C(C)(C)O)ccc1O2. The summed E-state index contributed by atoms with van der Waals surface area (Å²) in [7, 11) is 0. The smallest absolute Gasteiger partial charge is 0.283 e. The van der Waals surface area contributed by atoms with Gasteiger partial charge in [-0.2, -0.15) is 0 Å². The van der Waals surface area contributed by atoms with E-state index in [1.54, 1.807) is 13.8 Å². The van der Waals surface area contributed by atoms with E-state index in [-0.39, 0.29) is 18.0 Å². The van der Waals surface area contributed by atoms with Gasteiger partial charge in [-0.25, -0.2) is 4.99 Å². The molecule has 2 aliphatic heterocycles. The largest absolute Gasteiger partial charge is 0.493 e. The van der Waals surface area contributed by atoms with E-state index in [1.807, 2.05) is 36.4 Å². The zero-order chi connectivity index (χ0) is 21.0. The van der Waals surface area contributed by atoms with Gasteiger partial charge in [0.1, 0.15) is 23.9 Å². The summed E-state index contributed by atoms with van der Waals surface area (Å²) in [5.74, 6) is 2.11. The van der Waals surface area contributed by atoms with E-state index >= 15 is 0 Å². The number of fused-ring (bicyclic) bond motifs is 4. The number of aliphatic imine (C=N–C) groups is 1. The van der Waals surface area contributed by atoms with Crippen LogP contribution in [0.15, 0.2) is 41.4 Å². The first-order valence-electron chi connectivity index (χ1n) is 9.79. The van der Waals surface area contributed by atoms with E-state index in [4.69, 9.17) is 24.9 Å². The van der Waals surface area contributed by atoms with E-state index < -0.39 is 11.1 Å². The minimum Gasteiger partial charge on any atom is -0.493 e. The molecule has 2 aromatic rings. The van der Waals surface area contributed by atoms with Gasteiger partial charge in [-0.1, -0.05) is 26.8 Å². The van der Waals surface area contributed by atoms with E-state index in [1.165, 1.54) is 0 Å². The van der Waals surface area contributed by atoms with Crippen LogP contribution in [0.2, 0.25) is 0 Å². The Balaban J connectivity index is 1.84. The fraction of sp³-hybridized carbons (Fsp3) is 0.435. The summed E-state index contributed by atoms with van der Waals surface area (Å²) in [5, 5.41) is 10.5. The molecule has 0 radical (unpaired) electrons. The van der Waals surface area contributed by atoms with Crippen molar-refractivity contribution in [2.75, 3.05) is 13.2 Å². The lowest BCUT2D eigenvalue weighted by molar-refractivity contribution is 0.0783. The third-order valence-electron chi connectivity index (χ3n) is 5.15.